The Kier molecular flexibility index (Phi) is 3.12. The third-order valence-corrected chi connectivity index (χ3v) is 3.04. The molecular formula is C13H9F3N4O2. The Morgan fingerprint density at radius 2 is 2.00 bits per heavy atom. The summed E-state index contributed by atoms with van der Waals surface area (Å²) in [6.45, 7) is 0. The van der Waals surface area contributed by atoms with Gasteiger partial charge in [0.1, 0.15) is 0 Å². The Hall–Kier alpha value is -2.84. The van der Waals surface area contributed by atoms with Crippen LogP contribution in [0.3, 0.4) is 0 Å². The molecule has 0 spiro atoms. The summed E-state index contributed by atoms with van der Waals surface area (Å²) in [5, 5.41) is 9.59. The molecule has 3 aromatic rings. The van der Waals surface area contributed by atoms with E-state index in [1.54, 1.807) is 6.07 Å². The van der Waals surface area contributed by atoms with Crippen LogP contribution in [-0.2, 0) is 6.18 Å². The summed E-state index contributed by atoms with van der Waals surface area (Å²) in [6, 6.07) is 6.59. The van der Waals surface area contributed by atoms with Gasteiger partial charge in [-0.1, -0.05) is 0 Å². The highest BCUT2D eigenvalue weighted by molar-refractivity contribution is 5.78. The molecule has 0 aliphatic carbocycles. The van der Waals surface area contributed by atoms with E-state index in [0.717, 1.165) is 10.6 Å². The Balaban J connectivity index is 2.29. The first-order valence-electron chi connectivity index (χ1n) is 6.10. The molecule has 0 saturated heterocycles. The van der Waals surface area contributed by atoms with Crippen molar-refractivity contribution in [2.75, 3.05) is 7.11 Å². The number of fused-ring (bicyclic) bond motifs is 1. The van der Waals surface area contributed by atoms with Crippen LogP contribution in [-0.4, -0.2) is 26.9 Å². The summed E-state index contributed by atoms with van der Waals surface area (Å²) in [5.41, 5.74) is -0.562. The molecule has 0 radical (unpaired) electrons. The van der Waals surface area contributed by atoms with E-state index in [4.69, 9.17) is 4.74 Å². The average Bonchev–Trinajstić information content (AvgIpc) is 2.92. The van der Waals surface area contributed by atoms with Crippen LogP contribution in [0.15, 0.2) is 35.1 Å². The van der Waals surface area contributed by atoms with Gasteiger partial charge in [-0.25, -0.2) is 5.10 Å². The van der Waals surface area contributed by atoms with Crippen LogP contribution in [0.25, 0.3) is 16.8 Å². The van der Waals surface area contributed by atoms with E-state index in [9.17, 15) is 18.0 Å². The number of halogens is 3. The molecule has 6 nitrogen and oxygen atoms in total. The number of hydrogen-bond acceptors (Lipinski definition) is 4. The number of hydrogen-bond donors (Lipinski definition) is 1. The number of nitrogens with one attached hydrogen (secondary N) is 1. The highest BCUT2D eigenvalue weighted by Gasteiger charge is 2.34. The summed E-state index contributed by atoms with van der Waals surface area (Å²) >= 11 is 0. The molecule has 0 fully saturated rings. The third kappa shape index (κ3) is 2.30. The first-order chi connectivity index (χ1) is 10.4. The van der Waals surface area contributed by atoms with Crippen molar-refractivity contribution in [3.05, 3.63) is 46.4 Å². The zero-order valence-electron chi connectivity index (χ0n) is 11.2. The molecule has 0 aliphatic heterocycles. The zero-order valence-corrected chi connectivity index (χ0v) is 11.2. The van der Waals surface area contributed by atoms with Crippen molar-refractivity contribution in [2.24, 2.45) is 0 Å². The van der Waals surface area contributed by atoms with Crippen LogP contribution < -0.4 is 10.3 Å². The SMILES string of the molecule is COc1ccc(-c2ccc(=O)[nH]n2)c2cc(C(F)(F)F)nn12. The summed E-state index contributed by atoms with van der Waals surface area (Å²) in [4.78, 5) is 11.0. The zero-order chi connectivity index (χ0) is 15.9. The minimum Gasteiger partial charge on any atom is -0.481 e. The van der Waals surface area contributed by atoms with E-state index in [2.05, 4.69) is 15.3 Å². The fourth-order valence-electron chi connectivity index (χ4n) is 2.06. The molecular weight excluding hydrogens is 301 g/mol. The second kappa shape index (κ2) is 4.86. The van der Waals surface area contributed by atoms with E-state index >= 15 is 0 Å². The number of pyridine rings is 1. The van der Waals surface area contributed by atoms with Gasteiger partial charge < -0.3 is 4.74 Å². The standard InChI is InChI=1S/C13H9F3N4O2/c1-22-12-5-2-7(8-3-4-11(21)18-17-8)9-6-10(13(14,15)16)19-20(9)12/h2-6H,1H3,(H,18,21). The molecule has 0 aromatic carbocycles. The van der Waals surface area contributed by atoms with E-state index in [1.165, 1.54) is 25.3 Å². The minimum absolute atomic E-state index is 0.152. The number of ether oxygens (including phenoxy) is 1. The summed E-state index contributed by atoms with van der Waals surface area (Å²) in [7, 11) is 1.33. The monoisotopic (exact) mass is 310 g/mol. The molecule has 114 valence electrons. The molecule has 0 unspecified atom stereocenters. The van der Waals surface area contributed by atoms with Crippen molar-refractivity contribution >= 4 is 5.52 Å². The highest BCUT2D eigenvalue weighted by atomic mass is 19.4. The van der Waals surface area contributed by atoms with E-state index in [1.807, 2.05) is 0 Å². The van der Waals surface area contributed by atoms with Crippen LogP contribution in [0, 0.1) is 0 Å². The van der Waals surface area contributed by atoms with Gasteiger partial charge in [-0.3, -0.25) is 4.79 Å². The molecule has 1 N–H and O–H groups in total. The van der Waals surface area contributed by atoms with E-state index < -0.39 is 17.4 Å². The molecule has 0 bridgehead atoms. The van der Waals surface area contributed by atoms with Crippen molar-refractivity contribution in [1.29, 1.82) is 0 Å². The maximum atomic E-state index is 12.9. The quantitative estimate of drug-likeness (QED) is 0.787. The Bertz CT molecular complexity index is 878. The van der Waals surface area contributed by atoms with Gasteiger partial charge in [0.2, 0.25) is 5.88 Å². The van der Waals surface area contributed by atoms with Gasteiger partial charge in [-0.15, -0.1) is 0 Å². The lowest BCUT2D eigenvalue weighted by molar-refractivity contribution is -0.141. The highest BCUT2D eigenvalue weighted by Crippen LogP contribution is 2.33. The predicted molar refractivity (Wildman–Crippen MR) is 70.6 cm³/mol. The minimum atomic E-state index is -4.58. The Labute approximate surface area is 121 Å². The normalized spacial score (nSPS) is 11.8. The Morgan fingerprint density at radius 1 is 1.23 bits per heavy atom. The molecule has 0 atom stereocenters. The molecule has 3 heterocycles. The number of aromatic nitrogens is 4. The van der Waals surface area contributed by atoms with Gasteiger partial charge in [0.05, 0.1) is 18.3 Å². The lowest BCUT2D eigenvalue weighted by Crippen LogP contribution is -2.06. The first kappa shape index (κ1) is 14.1. The number of methoxy groups -OCH3 is 1. The number of alkyl halides is 3. The molecule has 3 aromatic heterocycles. The predicted octanol–water partition coefficient (Wildman–Crippen LogP) is 2.11. The van der Waals surface area contributed by atoms with Crippen LogP contribution in [0.1, 0.15) is 5.69 Å². The van der Waals surface area contributed by atoms with Gasteiger partial charge in [-0.2, -0.15) is 27.9 Å². The first-order valence-corrected chi connectivity index (χ1v) is 6.10. The molecule has 0 saturated carbocycles. The van der Waals surface area contributed by atoms with Gasteiger partial charge >= 0.3 is 6.18 Å². The van der Waals surface area contributed by atoms with Gasteiger partial charge in [-0.05, 0) is 18.2 Å². The molecule has 22 heavy (non-hydrogen) atoms. The van der Waals surface area contributed by atoms with Gasteiger partial charge in [0.25, 0.3) is 5.56 Å². The molecule has 9 heteroatoms. The third-order valence-electron chi connectivity index (χ3n) is 3.04. The number of aromatic amines is 1. The van der Waals surface area contributed by atoms with Crippen molar-refractivity contribution < 1.29 is 17.9 Å². The summed E-state index contributed by atoms with van der Waals surface area (Å²) in [5.74, 6) is 0.152. The van der Waals surface area contributed by atoms with E-state index in [-0.39, 0.29) is 11.4 Å². The molecule has 3 rings (SSSR count). The number of rotatable bonds is 2. The number of nitrogens with zero attached hydrogens (tertiary/aromatic N) is 3. The van der Waals surface area contributed by atoms with Crippen LogP contribution in [0.2, 0.25) is 0 Å². The lowest BCUT2D eigenvalue weighted by atomic mass is 10.1. The average molecular weight is 310 g/mol. The van der Waals surface area contributed by atoms with Crippen LogP contribution >= 0.6 is 0 Å². The number of H-pyrrole nitrogens is 1. The Morgan fingerprint density at radius 3 is 2.59 bits per heavy atom. The van der Waals surface area contributed by atoms with Crippen molar-refractivity contribution in [1.82, 2.24) is 19.8 Å². The van der Waals surface area contributed by atoms with Crippen LogP contribution in [0.4, 0.5) is 13.2 Å². The second-order valence-corrected chi connectivity index (χ2v) is 4.42. The largest absolute Gasteiger partial charge is 0.481 e. The maximum Gasteiger partial charge on any atom is 0.435 e. The van der Waals surface area contributed by atoms with Crippen molar-refractivity contribution in [3.8, 4) is 17.1 Å². The smallest absolute Gasteiger partial charge is 0.435 e. The molecule has 0 amide bonds. The summed E-state index contributed by atoms with van der Waals surface area (Å²) < 4.78 is 44.7. The molecule has 0 aliphatic rings. The van der Waals surface area contributed by atoms with Crippen LogP contribution in [0.5, 0.6) is 5.88 Å². The topological polar surface area (TPSA) is 72.3 Å². The summed E-state index contributed by atoms with van der Waals surface area (Å²) in [6.07, 6.45) is -4.58. The van der Waals surface area contributed by atoms with Crippen molar-refractivity contribution in [3.63, 3.8) is 0 Å². The fraction of sp³-hybridized carbons (Fsp3) is 0.154. The van der Waals surface area contributed by atoms with Gasteiger partial charge in [0.15, 0.2) is 5.69 Å². The van der Waals surface area contributed by atoms with E-state index in [0.29, 0.717) is 11.3 Å². The lowest BCUT2D eigenvalue weighted by Gasteiger charge is -2.07. The van der Waals surface area contributed by atoms with Gasteiger partial charge in [0, 0.05) is 17.7 Å². The second-order valence-electron chi connectivity index (χ2n) is 4.42. The van der Waals surface area contributed by atoms with Crippen molar-refractivity contribution in [2.45, 2.75) is 6.18 Å². The fourth-order valence-corrected chi connectivity index (χ4v) is 2.06. The maximum absolute atomic E-state index is 12.9.